The summed E-state index contributed by atoms with van der Waals surface area (Å²) in [5, 5.41) is 7.51. The molecule has 0 bridgehead atoms. The number of amides is 1. The molecule has 0 saturated carbocycles. The number of nitrogens with one attached hydrogen (secondary N) is 1. The number of esters is 1. The number of aromatic nitrogens is 3. The van der Waals surface area contributed by atoms with Gasteiger partial charge in [0.1, 0.15) is 0 Å². The lowest BCUT2D eigenvalue weighted by atomic mass is 10.1. The number of carbonyl (C=O) groups is 2. The van der Waals surface area contributed by atoms with E-state index in [0.717, 1.165) is 4.31 Å². The number of fused-ring (bicyclic) bond motifs is 1. The van der Waals surface area contributed by atoms with E-state index in [1.54, 1.807) is 36.9 Å². The van der Waals surface area contributed by atoms with Crippen molar-refractivity contribution in [3.63, 3.8) is 0 Å². The molecule has 0 radical (unpaired) electrons. The predicted molar refractivity (Wildman–Crippen MR) is 128 cm³/mol. The van der Waals surface area contributed by atoms with Crippen molar-refractivity contribution >= 4 is 38.6 Å². The molecule has 0 aliphatic carbocycles. The van der Waals surface area contributed by atoms with Crippen molar-refractivity contribution in [2.75, 3.05) is 19.4 Å². The Labute approximate surface area is 199 Å². The minimum Gasteiger partial charge on any atom is -0.449 e. The maximum atomic E-state index is 12.9. The minimum absolute atomic E-state index is 0.0415. The summed E-state index contributed by atoms with van der Waals surface area (Å²) < 4.78 is 33.1. The van der Waals surface area contributed by atoms with Gasteiger partial charge in [-0.15, -0.1) is 0 Å². The molecule has 3 aromatic rings. The lowest BCUT2D eigenvalue weighted by Gasteiger charge is -2.17. The van der Waals surface area contributed by atoms with Gasteiger partial charge >= 0.3 is 5.97 Å². The largest absolute Gasteiger partial charge is 0.449 e. The van der Waals surface area contributed by atoms with Crippen molar-refractivity contribution in [3.05, 3.63) is 47.3 Å². The Bertz CT molecular complexity index is 1360. The maximum absolute atomic E-state index is 12.9. The first-order valence-electron chi connectivity index (χ1n) is 10.7. The van der Waals surface area contributed by atoms with Gasteiger partial charge in [-0.25, -0.2) is 27.2 Å². The fraction of sp³-hybridized carbons (Fsp3) is 0.391. The molecule has 11 heteroatoms. The monoisotopic (exact) mass is 487 g/mol. The quantitative estimate of drug-likeness (QED) is 0.508. The van der Waals surface area contributed by atoms with E-state index in [4.69, 9.17) is 4.74 Å². The van der Waals surface area contributed by atoms with Crippen LogP contribution in [0.15, 0.2) is 35.4 Å². The highest BCUT2D eigenvalue weighted by Crippen LogP contribution is 2.24. The van der Waals surface area contributed by atoms with Crippen molar-refractivity contribution in [2.24, 2.45) is 0 Å². The zero-order valence-electron chi connectivity index (χ0n) is 20.3. The average molecular weight is 488 g/mol. The van der Waals surface area contributed by atoms with Gasteiger partial charge in [0.25, 0.3) is 5.91 Å². The predicted octanol–water partition coefficient (Wildman–Crippen LogP) is 3.06. The van der Waals surface area contributed by atoms with E-state index in [2.05, 4.69) is 15.4 Å². The fourth-order valence-corrected chi connectivity index (χ4v) is 4.24. The third-order valence-electron chi connectivity index (χ3n) is 5.30. The van der Waals surface area contributed by atoms with Crippen LogP contribution in [0.3, 0.4) is 0 Å². The summed E-state index contributed by atoms with van der Waals surface area (Å²) in [5.41, 5.74) is 2.43. The van der Waals surface area contributed by atoms with E-state index in [1.165, 1.54) is 33.2 Å². The Balaban J connectivity index is 1.82. The molecule has 2 aromatic heterocycles. The van der Waals surface area contributed by atoms with E-state index in [0.29, 0.717) is 28.0 Å². The van der Waals surface area contributed by atoms with Crippen LogP contribution in [0.2, 0.25) is 0 Å². The van der Waals surface area contributed by atoms with E-state index in [1.807, 2.05) is 13.8 Å². The highest BCUT2D eigenvalue weighted by atomic mass is 32.2. The molecule has 2 heterocycles. The number of carbonyl (C=O) groups excluding carboxylic acids is 2. The summed E-state index contributed by atoms with van der Waals surface area (Å²) >= 11 is 0. The summed E-state index contributed by atoms with van der Waals surface area (Å²) in [6.45, 7) is 8.87. The summed E-state index contributed by atoms with van der Waals surface area (Å²) in [4.78, 5) is 30.2. The summed E-state index contributed by atoms with van der Waals surface area (Å²) in [6, 6.07) is 6.11. The second kappa shape index (κ2) is 9.51. The van der Waals surface area contributed by atoms with Gasteiger partial charge in [-0.05, 0) is 58.4 Å². The standard InChI is InChI=1S/C23H29N5O5S/c1-13(2)28-21-19(12-24-28)18(10-15(4)25-21)23(30)33-16(5)22(29)26-20-11-17(9-8-14(20)3)34(31,32)27(6)7/h8-13,16H,1-7H3,(H,26,29). The van der Waals surface area contributed by atoms with Crippen LogP contribution in [0.1, 0.15) is 48.4 Å². The van der Waals surface area contributed by atoms with Crippen molar-refractivity contribution in [1.29, 1.82) is 0 Å². The average Bonchev–Trinajstić information content (AvgIpc) is 3.18. The van der Waals surface area contributed by atoms with Crippen LogP contribution in [-0.4, -0.2) is 59.6 Å². The smallest absolute Gasteiger partial charge is 0.339 e. The van der Waals surface area contributed by atoms with Crippen molar-refractivity contribution in [2.45, 2.75) is 51.7 Å². The van der Waals surface area contributed by atoms with E-state index < -0.39 is 28.0 Å². The number of aryl methyl sites for hydroxylation is 2. The van der Waals surface area contributed by atoms with E-state index >= 15 is 0 Å². The van der Waals surface area contributed by atoms with Crippen LogP contribution >= 0.6 is 0 Å². The van der Waals surface area contributed by atoms with Crippen molar-refractivity contribution in [3.8, 4) is 0 Å². The van der Waals surface area contributed by atoms with E-state index in [9.17, 15) is 18.0 Å². The molecule has 0 fully saturated rings. The Morgan fingerprint density at radius 2 is 1.79 bits per heavy atom. The topological polar surface area (TPSA) is 123 Å². The Hall–Kier alpha value is -3.31. The van der Waals surface area contributed by atoms with E-state index in [-0.39, 0.29) is 16.5 Å². The van der Waals surface area contributed by atoms with Gasteiger partial charge in [0.15, 0.2) is 11.8 Å². The number of rotatable bonds is 7. The summed E-state index contributed by atoms with van der Waals surface area (Å²) in [5.74, 6) is -1.27. The minimum atomic E-state index is -3.67. The number of ether oxygens (including phenoxy) is 1. The van der Waals surface area contributed by atoms with Crippen molar-refractivity contribution in [1.82, 2.24) is 19.1 Å². The number of hydrogen-bond donors (Lipinski definition) is 1. The van der Waals surface area contributed by atoms with Crippen LogP contribution in [0.5, 0.6) is 0 Å². The summed E-state index contributed by atoms with van der Waals surface area (Å²) in [6.07, 6.45) is 0.424. The molecule has 182 valence electrons. The molecule has 0 aliphatic heterocycles. The fourth-order valence-electron chi connectivity index (χ4n) is 3.31. The molecule has 1 atom stereocenters. The Morgan fingerprint density at radius 1 is 1.12 bits per heavy atom. The van der Waals surface area contributed by atoms with Crippen LogP contribution in [0.25, 0.3) is 11.0 Å². The van der Waals surface area contributed by atoms with Gasteiger partial charge in [0.05, 0.1) is 22.0 Å². The second-order valence-corrected chi connectivity index (χ2v) is 10.7. The molecule has 1 amide bonds. The molecule has 0 aliphatic rings. The van der Waals surface area contributed by atoms with Gasteiger partial charge in [0, 0.05) is 31.5 Å². The number of hydrogen-bond acceptors (Lipinski definition) is 7. The van der Waals surface area contributed by atoms with Crippen LogP contribution in [0, 0.1) is 13.8 Å². The highest BCUT2D eigenvalue weighted by molar-refractivity contribution is 7.89. The number of nitrogens with zero attached hydrogens (tertiary/aromatic N) is 4. The zero-order valence-corrected chi connectivity index (χ0v) is 21.1. The van der Waals surface area contributed by atoms with Crippen LogP contribution in [-0.2, 0) is 19.6 Å². The Morgan fingerprint density at radius 3 is 2.41 bits per heavy atom. The van der Waals surface area contributed by atoms with Gasteiger partial charge in [-0.2, -0.15) is 5.10 Å². The molecule has 1 aromatic carbocycles. The van der Waals surface area contributed by atoms with Crippen LogP contribution < -0.4 is 5.32 Å². The number of sulfonamides is 1. The SMILES string of the molecule is Cc1cc(C(=O)OC(C)C(=O)Nc2cc(S(=O)(=O)N(C)C)ccc2C)c2cnn(C(C)C)c2n1. The van der Waals surface area contributed by atoms with Crippen molar-refractivity contribution < 1.29 is 22.7 Å². The number of anilines is 1. The molecule has 1 unspecified atom stereocenters. The molecular formula is C23H29N5O5S. The van der Waals surface area contributed by atoms with Gasteiger partial charge < -0.3 is 10.1 Å². The molecule has 0 saturated heterocycles. The first kappa shape index (κ1) is 25.3. The Kier molecular flexibility index (Phi) is 7.08. The normalized spacial score (nSPS) is 12.9. The number of benzene rings is 1. The third kappa shape index (κ3) is 4.95. The molecule has 10 nitrogen and oxygen atoms in total. The number of pyridine rings is 1. The molecule has 0 spiro atoms. The molecule has 1 N–H and O–H groups in total. The second-order valence-electron chi connectivity index (χ2n) is 8.53. The first-order valence-corrected chi connectivity index (χ1v) is 12.2. The first-order chi connectivity index (χ1) is 15.8. The third-order valence-corrected chi connectivity index (χ3v) is 7.11. The maximum Gasteiger partial charge on any atom is 0.339 e. The van der Waals surface area contributed by atoms with Gasteiger partial charge in [0.2, 0.25) is 10.0 Å². The lowest BCUT2D eigenvalue weighted by molar-refractivity contribution is -0.123. The van der Waals surface area contributed by atoms with Crippen LogP contribution in [0.4, 0.5) is 5.69 Å². The summed E-state index contributed by atoms with van der Waals surface area (Å²) in [7, 11) is -0.817. The van der Waals surface area contributed by atoms with Gasteiger partial charge in [-0.1, -0.05) is 6.07 Å². The van der Waals surface area contributed by atoms with Gasteiger partial charge in [-0.3, -0.25) is 4.79 Å². The highest BCUT2D eigenvalue weighted by Gasteiger charge is 2.24. The molecule has 34 heavy (non-hydrogen) atoms. The molecular weight excluding hydrogens is 458 g/mol. The molecule has 3 rings (SSSR count). The lowest BCUT2D eigenvalue weighted by Crippen LogP contribution is -2.30. The zero-order chi connectivity index (χ0) is 25.4.